The zero-order valence-corrected chi connectivity index (χ0v) is 11.5. The normalized spacial score (nSPS) is 14.2. The van der Waals surface area contributed by atoms with Crippen molar-refractivity contribution in [2.75, 3.05) is 19.6 Å². The summed E-state index contributed by atoms with van der Waals surface area (Å²) in [5.74, 6) is 0. The van der Waals surface area contributed by atoms with Gasteiger partial charge in [0.05, 0.1) is 5.69 Å². The highest BCUT2D eigenvalue weighted by molar-refractivity contribution is 8.93. The molecule has 2 rings (SSSR count). The van der Waals surface area contributed by atoms with E-state index < -0.39 is 0 Å². The summed E-state index contributed by atoms with van der Waals surface area (Å²) >= 11 is 0. The van der Waals surface area contributed by atoms with Crippen molar-refractivity contribution in [1.29, 1.82) is 0 Å². The minimum absolute atomic E-state index is 0. The first-order valence-electron chi connectivity index (χ1n) is 5.64. The van der Waals surface area contributed by atoms with Crippen molar-refractivity contribution in [3.63, 3.8) is 0 Å². The molecule has 0 saturated carbocycles. The maximum absolute atomic E-state index is 5.49. The van der Waals surface area contributed by atoms with Crippen LogP contribution in [0.1, 0.15) is 12.1 Å². The molecule has 2 heterocycles. The monoisotopic (exact) mass is 295 g/mol. The molecular formula is C13H18BrN3. The van der Waals surface area contributed by atoms with Crippen LogP contribution in [-0.4, -0.2) is 29.5 Å². The highest BCUT2D eigenvalue weighted by Gasteiger charge is 2.05. The number of hydrogen-bond donors (Lipinski definition) is 1. The predicted molar refractivity (Wildman–Crippen MR) is 76.9 cm³/mol. The lowest BCUT2D eigenvalue weighted by molar-refractivity contribution is 0.407. The van der Waals surface area contributed by atoms with Gasteiger partial charge in [-0.1, -0.05) is 12.1 Å². The van der Waals surface area contributed by atoms with Gasteiger partial charge in [0.2, 0.25) is 0 Å². The molecule has 0 unspecified atom stereocenters. The van der Waals surface area contributed by atoms with Gasteiger partial charge in [-0.05, 0) is 42.9 Å². The third-order valence-electron chi connectivity index (χ3n) is 2.62. The summed E-state index contributed by atoms with van der Waals surface area (Å²) in [7, 11) is 0. The lowest BCUT2D eigenvalue weighted by Gasteiger charge is -2.22. The van der Waals surface area contributed by atoms with E-state index in [4.69, 9.17) is 5.73 Å². The number of allylic oxidation sites excluding steroid dienone is 2. The number of pyridine rings is 1. The Labute approximate surface area is 113 Å². The van der Waals surface area contributed by atoms with Crippen LogP contribution >= 0.6 is 17.0 Å². The fourth-order valence-corrected chi connectivity index (χ4v) is 1.71. The zero-order valence-electron chi connectivity index (χ0n) is 9.75. The van der Waals surface area contributed by atoms with Crippen LogP contribution in [0.15, 0.2) is 42.7 Å². The molecule has 3 nitrogen and oxygen atoms in total. The molecule has 1 aromatic heterocycles. The molecule has 0 fully saturated rings. The average molecular weight is 296 g/mol. The average Bonchev–Trinajstić information content (AvgIpc) is 2.38. The van der Waals surface area contributed by atoms with E-state index in [0.29, 0.717) is 0 Å². The Bertz CT molecular complexity index is 387. The maximum Gasteiger partial charge on any atom is 0.0699 e. The Morgan fingerprint density at radius 1 is 1.35 bits per heavy atom. The van der Waals surface area contributed by atoms with Crippen molar-refractivity contribution >= 4 is 22.6 Å². The Balaban J connectivity index is 0.00000144. The molecule has 17 heavy (non-hydrogen) atoms. The lowest BCUT2D eigenvalue weighted by Crippen LogP contribution is -2.22. The highest BCUT2D eigenvalue weighted by Crippen LogP contribution is 2.16. The van der Waals surface area contributed by atoms with Crippen LogP contribution in [0.3, 0.4) is 0 Å². The first-order chi connectivity index (χ1) is 7.90. The van der Waals surface area contributed by atoms with E-state index >= 15 is 0 Å². The van der Waals surface area contributed by atoms with Crippen molar-refractivity contribution in [2.24, 2.45) is 5.73 Å². The molecule has 0 bridgehead atoms. The largest absolute Gasteiger partial charge is 0.374 e. The van der Waals surface area contributed by atoms with Gasteiger partial charge in [0.25, 0.3) is 0 Å². The third-order valence-corrected chi connectivity index (χ3v) is 2.62. The summed E-state index contributed by atoms with van der Waals surface area (Å²) in [5.41, 5.74) is 7.73. The maximum atomic E-state index is 5.49. The molecule has 0 aromatic carbocycles. The summed E-state index contributed by atoms with van der Waals surface area (Å²) in [6.07, 6.45) is 9.31. The van der Waals surface area contributed by atoms with Gasteiger partial charge in [0, 0.05) is 19.3 Å². The van der Waals surface area contributed by atoms with Crippen LogP contribution in [-0.2, 0) is 0 Å². The molecule has 0 spiro atoms. The molecule has 0 atom stereocenters. The molecule has 0 radical (unpaired) electrons. The molecule has 0 aliphatic carbocycles. The zero-order chi connectivity index (χ0) is 11.2. The van der Waals surface area contributed by atoms with Crippen LogP contribution in [0.4, 0.5) is 0 Å². The van der Waals surface area contributed by atoms with Gasteiger partial charge in [-0.2, -0.15) is 0 Å². The van der Waals surface area contributed by atoms with Crippen molar-refractivity contribution in [3.05, 3.63) is 48.4 Å². The molecule has 1 aliphatic rings. The molecular weight excluding hydrogens is 278 g/mol. The van der Waals surface area contributed by atoms with Crippen molar-refractivity contribution in [2.45, 2.75) is 6.42 Å². The van der Waals surface area contributed by atoms with Gasteiger partial charge in [-0.25, -0.2) is 0 Å². The number of aromatic nitrogens is 1. The molecule has 1 aromatic rings. The van der Waals surface area contributed by atoms with Gasteiger partial charge >= 0.3 is 0 Å². The summed E-state index contributed by atoms with van der Waals surface area (Å²) in [6.45, 7) is 2.72. The second-order valence-corrected chi connectivity index (χ2v) is 3.83. The van der Waals surface area contributed by atoms with Crippen LogP contribution in [0, 0.1) is 0 Å². The van der Waals surface area contributed by atoms with Gasteiger partial charge in [0.15, 0.2) is 0 Å². The first kappa shape index (κ1) is 13.9. The van der Waals surface area contributed by atoms with Gasteiger partial charge in [-0.3, -0.25) is 4.98 Å². The van der Waals surface area contributed by atoms with Gasteiger partial charge in [0.1, 0.15) is 0 Å². The van der Waals surface area contributed by atoms with Crippen LogP contribution in [0.2, 0.25) is 0 Å². The minimum atomic E-state index is 0. The fraction of sp³-hybridized carbons (Fsp3) is 0.308. The third kappa shape index (κ3) is 3.98. The molecule has 4 heteroatoms. The van der Waals surface area contributed by atoms with Gasteiger partial charge in [-0.15, -0.1) is 17.0 Å². The Kier molecular flexibility index (Phi) is 5.94. The minimum Gasteiger partial charge on any atom is -0.374 e. The lowest BCUT2D eigenvalue weighted by atomic mass is 10.1. The second-order valence-electron chi connectivity index (χ2n) is 3.83. The van der Waals surface area contributed by atoms with Crippen molar-refractivity contribution in [3.8, 4) is 0 Å². The summed E-state index contributed by atoms with van der Waals surface area (Å²) in [6, 6.07) is 5.98. The molecule has 92 valence electrons. The Morgan fingerprint density at radius 2 is 2.24 bits per heavy atom. The topological polar surface area (TPSA) is 42.1 Å². The van der Waals surface area contributed by atoms with Crippen LogP contribution in [0.25, 0.3) is 5.57 Å². The van der Waals surface area contributed by atoms with E-state index in [-0.39, 0.29) is 17.0 Å². The van der Waals surface area contributed by atoms with Crippen molar-refractivity contribution < 1.29 is 0 Å². The molecule has 2 N–H and O–H groups in total. The summed E-state index contributed by atoms with van der Waals surface area (Å²) < 4.78 is 0. The Hall–Kier alpha value is -1.13. The van der Waals surface area contributed by atoms with Crippen molar-refractivity contribution in [1.82, 2.24) is 9.88 Å². The van der Waals surface area contributed by atoms with E-state index in [1.807, 2.05) is 24.4 Å². The SMILES string of the molecule is Br.NCCCN1C=CC(c2ccccn2)=CC1. The fourth-order valence-electron chi connectivity index (χ4n) is 1.71. The number of hydrogen-bond acceptors (Lipinski definition) is 3. The number of nitrogens with two attached hydrogens (primary N) is 1. The molecule has 0 amide bonds. The van der Waals surface area contributed by atoms with E-state index in [1.165, 1.54) is 5.57 Å². The summed E-state index contributed by atoms with van der Waals surface area (Å²) in [4.78, 5) is 6.59. The van der Waals surface area contributed by atoms with Crippen LogP contribution in [0.5, 0.6) is 0 Å². The van der Waals surface area contributed by atoms with Crippen LogP contribution < -0.4 is 5.73 Å². The first-order valence-corrected chi connectivity index (χ1v) is 5.64. The van der Waals surface area contributed by atoms with Gasteiger partial charge < -0.3 is 10.6 Å². The van der Waals surface area contributed by atoms with E-state index in [0.717, 1.165) is 31.7 Å². The summed E-state index contributed by atoms with van der Waals surface area (Å²) in [5, 5.41) is 0. The van der Waals surface area contributed by atoms with E-state index in [2.05, 4.69) is 28.2 Å². The standard InChI is InChI=1S/C13H17N3.BrH/c14-7-3-9-16-10-5-12(6-11-16)13-4-1-2-8-15-13;/h1-2,4-6,8,10H,3,7,9,11,14H2;1H. The number of nitrogens with zero attached hydrogens (tertiary/aromatic N) is 2. The number of halogens is 1. The highest BCUT2D eigenvalue weighted by atomic mass is 79.9. The van der Waals surface area contributed by atoms with E-state index in [9.17, 15) is 0 Å². The molecule has 1 aliphatic heterocycles. The quantitative estimate of drug-likeness (QED) is 0.926. The predicted octanol–water partition coefficient (Wildman–Crippen LogP) is 2.22. The second kappa shape index (κ2) is 7.25. The Morgan fingerprint density at radius 3 is 2.82 bits per heavy atom. The van der Waals surface area contributed by atoms with E-state index in [1.54, 1.807) is 0 Å². The number of rotatable bonds is 4. The smallest absolute Gasteiger partial charge is 0.0699 e. The molecule has 0 saturated heterocycles.